The van der Waals surface area contributed by atoms with Gasteiger partial charge in [0.2, 0.25) is 0 Å². The van der Waals surface area contributed by atoms with Gasteiger partial charge in [-0.3, -0.25) is 5.43 Å². The lowest BCUT2D eigenvalue weighted by molar-refractivity contribution is -0.136. The van der Waals surface area contributed by atoms with E-state index in [1.807, 2.05) is 42.5 Å². The molecule has 0 fully saturated rings. The van der Waals surface area contributed by atoms with Crippen LogP contribution in [0.5, 0.6) is 0 Å². The fourth-order valence-electron chi connectivity index (χ4n) is 2.36. The summed E-state index contributed by atoms with van der Waals surface area (Å²) < 4.78 is 38.7. The SMILES string of the molecule is FC(F)(F)c1ccccc1N/N=C/c1cccc2ccccc12. The van der Waals surface area contributed by atoms with E-state index in [-0.39, 0.29) is 5.69 Å². The molecule has 0 amide bonds. The Morgan fingerprint density at radius 3 is 2.35 bits per heavy atom. The number of benzene rings is 3. The number of fused-ring (bicyclic) bond motifs is 1. The first-order valence-corrected chi connectivity index (χ1v) is 6.99. The number of rotatable bonds is 3. The van der Waals surface area contributed by atoms with Crippen LogP contribution in [0.1, 0.15) is 11.1 Å². The molecule has 0 unspecified atom stereocenters. The van der Waals surface area contributed by atoms with Crippen LogP contribution in [0.3, 0.4) is 0 Å². The van der Waals surface area contributed by atoms with Gasteiger partial charge in [-0.1, -0.05) is 54.6 Å². The molecule has 0 aliphatic rings. The monoisotopic (exact) mass is 314 g/mol. The van der Waals surface area contributed by atoms with Gasteiger partial charge in [0.15, 0.2) is 0 Å². The molecule has 23 heavy (non-hydrogen) atoms. The standard InChI is InChI=1S/C18H13F3N2/c19-18(20,21)16-10-3-4-11-17(16)23-22-12-14-8-5-7-13-6-1-2-9-15(13)14/h1-12,23H/b22-12+. The molecule has 3 aromatic carbocycles. The fourth-order valence-corrected chi connectivity index (χ4v) is 2.36. The van der Waals surface area contributed by atoms with Crippen LogP contribution in [0, 0.1) is 0 Å². The van der Waals surface area contributed by atoms with E-state index in [9.17, 15) is 13.2 Å². The third kappa shape index (κ3) is 3.34. The fraction of sp³-hybridized carbons (Fsp3) is 0.0556. The van der Waals surface area contributed by atoms with E-state index < -0.39 is 11.7 Å². The average molecular weight is 314 g/mol. The van der Waals surface area contributed by atoms with Crippen LogP contribution in [0.25, 0.3) is 10.8 Å². The molecule has 0 saturated heterocycles. The van der Waals surface area contributed by atoms with Crippen LogP contribution in [0.2, 0.25) is 0 Å². The van der Waals surface area contributed by atoms with Gasteiger partial charge in [-0.25, -0.2) is 0 Å². The Bertz CT molecular complexity index is 849. The molecule has 0 aliphatic carbocycles. The maximum atomic E-state index is 12.9. The molecule has 2 nitrogen and oxygen atoms in total. The van der Waals surface area contributed by atoms with Gasteiger partial charge in [-0.05, 0) is 22.9 Å². The average Bonchev–Trinajstić information content (AvgIpc) is 2.55. The minimum Gasteiger partial charge on any atom is -0.278 e. The molecule has 0 atom stereocenters. The first kappa shape index (κ1) is 15.1. The zero-order chi connectivity index (χ0) is 16.3. The van der Waals surface area contributed by atoms with Crippen LogP contribution in [0.15, 0.2) is 71.8 Å². The number of anilines is 1. The van der Waals surface area contributed by atoms with Crippen molar-refractivity contribution in [2.45, 2.75) is 6.18 Å². The second kappa shape index (κ2) is 6.12. The molecule has 0 bridgehead atoms. The molecule has 0 aliphatic heterocycles. The van der Waals surface area contributed by atoms with Crippen molar-refractivity contribution in [1.29, 1.82) is 0 Å². The minimum absolute atomic E-state index is 0.0727. The van der Waals surface area contributed by atoms with Crippen molar-refractivity contribution in [3.05, 3.63) is 77.9 Å². The molecule has 5 heteroatoms. The number of hydrogen-bond acceptors (Lipinski definition) is 2. The number of alkyl halides is 3. The summed E-state index contributed by atoms with van der Waals surface area (Å²) in [5, 5.41) is 6.00. The largest absolute Gasteiger partial charge is 0.418 e. The van der Waals surface area contributed by atoms with Crippen molar-refractivity contribution < 1.29 is 13.2 Å². The van der Waals surface area contributed by atoms with Gasteiger partial charge in [0.25, 0.3) is 0 Å². The van der Waals surface area contributed by atoms with E-state index in [1.165, 1.54) is 24.4 Å². The molecule has 0 heterocycles. The zero-order valence-electron chi connectivity index (χ0n) is 12.0. The maximum Gasteiger partial charge on any atom is 0.418 e. The quantitative estimate of drug-likeness (QED) is 0.514. The van der Waals surface area contributed by atoms with Gasteiger partial charge in [-0.2, -0.15) is 18.3 Å². The first-order chi connectivity index (χ1) is 11.1. The van der Waals surface area contributed by atoms with Gasteiger partial charge in [0.05, 0.1) is 17.5 Å². The minimum atomic E-state index is -4.42. The molecular formula is C18H13F3N2. The Morgan fingerprint density at radius 1 is 0.826 bits per heavy atom. The highest BCUT2D eigenvalue weighted by Crippen LogP contribution is 2.34. The summed E-state index contributed by atoms with van der Waals surface area (Å²) in [6.07, 6.45) is -2.89. The van der Waals surface area contributed by atoms with E-state index in [2.05, 4.69) is 10.5 Å². The van der Waals surface area contributed by atoms with Crippen molar-refractivity contribution >= 4 is 22.7 Å². The summed E-state index contributed by atoms with van der Waals surface area (Å²) in [6.45, 7) is 0. The predicted octanol–water partition coefficient (Wildman–Crippen LogP) is 5.30. The summed E-state index contributed by atoms with van der Waals surface area (Å²) in [5.74, 6) is 0. The van der Waals surface area contributed by atoms with Crippen LogP contribution in [-0.4, -0.2) is 6.21 Å². The van der Waals surface area contributed by atoms with Crippen LogP contribution in [0.4, 0.5) is 18.9 Å². The Morgan fingerprint density at radius 2 is 1.52 bits per heavy atom. The lowest BCUT2D eigenvalue weighted by Gasteiger charge is -2.11. The molecule has 3 aromatic rings. The molecule has 0 spiro atoms. The number of hydrogen-bond donors (Lipinski definition) is 1. The van der Waals surface area contributed by atoms with Crippen molar-refractivity contribution in [3.8, 4) is 0 Å². The Balaban J connectivity index is 1.87. The number of para-hydroxylation sites is 1. The summed E-state index contributed by atoms with van der Waals surface area (Å²) in [5.41, 5.74) is 2.50. The highest BCUT2D eigenvalue weighted by molar-refractivity contribution is 5.99. The third-order valence-electron chi connectivity index (χ3n) is 3.44. The molecule has 3 rings (SSSR count). The lowest BCUT2D eigenvalue weighted by atomic mass is 10.1. The highest BCUT2D eigenvalue weighted by atomic mass is 19.4. The predicted molar refractivity (Wildman–Crippen MR) is 86.6 cm³/mol. The molecule has 0 aromatic heterocycles. The van der Waals surface area contributed by atoms with Crippen molar-refractivity contribution in [1.82, 2.24) is 0 Å². The summed E-state index contributed by atoms with van der Waals surface area (Å²) in [7, 11) is 0. The molecule has 0 radical (unpaired) electrons. The number of nitrogens with one attached hydrogen (secondary N) is 1. The van der Waals surface area contributed by atoms with Gasteiger partial charge >= 0.3 is 6.18 Å². The van der Waals surface area contributed by atoms with E-state index in [1.54, 1.807) is 0 Å². The number of halogens is 3. The van der Waals surface area contributed by atoms with Gasteiger partial charge in [0.1, 0.15) is 0 Å². The molecule has 116 valence electrons. The van der Waals surface area contributed by atoms with Crippen LogP contribution in [-0.2, 0) is 6.18 Å². The Labute approximate surface area is 131 Å². The molecule has 0 saturated carbocycles. The first-order valence-electron chi connectivity index (χ1n) is 6.99. The van der Waals surface area contributed by atoms with Gasteiger partial charge in [0, 0.05) is 5.56 Å². The smallest absolute Gasteiger partial charge is 0.278 e. The third-order valence-corrected chi connectivity index (χ3v) is 3.44. The summed E-state index contributed by atoms with van der Waals surface area (Å²) >= 11 is 0. The van der Waals surface area contributed by atoms with Crippen LogP contribution >= 0.6 is 0 Å². The van der Waals surface area contributed by atoms with Gasteiger partial charge < -0.3 is 0 Å². The Kier molecular flexibility index (Phi) is 4.02. The summed E-state index contributed by atoms with van der Waals surface area (Å²) in [6, 6.07) is 18.7. The van der Waals surface area contributed by atoms with Crippen molar-refractivity contribution in [3.63, 3.8) is 0 Å². The summed E-state index contributed by atoms with van der Waals surface area (Å²) in [4.78, 5) is 0. The maximum absolute atomic E-state index is 12.9. The zero-order valence-corrected chi connectivity index (χ0v) is 12.0. The van der Waals surface area contributed by atoms with Crippen molar-refractivity contribution in [2.75, 3.05) is 5.43 Å². The molecule has 1 N–H and O–H groups in total. The van der Waals surface area contributed by atoms with E-state index in [0.717, 1.165) is 22.4 Å². The van der Waals surface area contributed by atoms with E-state index in [0.29, 0.717) is 0 Å². The van der Waals surface area contributed by atoms with Crippen molar-refractivity contribution in [2.24, 2.45) is 5.10 Å². The normalized spacial score (nSPS) is 12.0. The number of nitrogens with zero attached hydrogens (tertiary/aromatic N) is 1. The van der Waals surface area contributed by atoms with E-state index in [4.69, 9.17) is 0 Å². The number of hydrazone groups is 1. The van der Waals surface area contributed by atoms with E-state index >= 15 is 0 Å². The topological polar surface area (TPSA) is 24.4 Å². The second-order valence-corrected chi connectivity index (χ2v) is 4.98. The Hall–Kier alpha value is -2.82. The van der Waals surface area contributed by atoms with Crippen LogP contribution < -0.4 is 5.43 Å². The second-order valence-electron chi connectivity index (χ2n) is 4.98. The molecular weight excluding hydrogens is 301 g/mol. The highest BCUT2D eigenvalue weighted by Gasteiger charge is 2.33. The van der Waals surface area contributed by atoms with Gasteiger partial charge in [-0.15, -0.1) is 0 Å². The lowest BCUT2D eigenvalue weighted by Crippen LogP contribution is -2.08.